The van der Waals surface area contributed by atoms with Gasteiger partial charge in [0.25, 0.3) is 5.91 Å². The SMILES string of the molecule is Cc1c(C(=O)Nc2ccc(N3CCC(C(=O)C4CNCCO4)CC3)c(C#N)c2)cnn1-c1ccc(F)c(Cl)c1. The Balaban J connectivity index is 1.25. The quantitative estimate of drug-likeness (QED) is 0.479. The van der Waals surface area contributed by atoms with Gasteiger partial charge in [0.05, 0.1) is 46.0 Å². The van der Waals surface area contributed by atoms with Gasteiger partial charge in [-0.3, -0.25) is 9.59 Å². The zero-order valence-electron chi connectivity index (χ0n) is 21.4. The summed E-state index contributed by atoms with van der Waals surface area (Å²) in [5, 5.41) is 20.1. The van der Waals surface area contributed by atoms with Crippen LogP contribution in [0.3, 0.4) is 0 Å². The van der Waals surface area contributed by atoms with Crippen molar-refractivity contribution < 1.29 is 18.7 Å². The maximum absolute atomic E-state index is 13.5. The number of aromatic nitrogens is 2. The van der Waals surface area contributed by atoms with Gasteiger partial charge in [-0.1, -0.05) is 11.6 Å². The molecule has 3 aromatic rings. The average molecular weight is 551 g/mol. The largest absolute Gasteiger partial charge is 0.370 e. The van der Waals surface area contributed by atoms with Crippen molar-refractivity contribution in [3.05, 3.63) is 70.3 Å². The first-order valence-electron chi connectivity index (χ1n) is 12.8. The van der Waals surface area contributed by atoms with Crippen LogP contribution in [0.25, 0.3) is 5.69 Å². The van der Waals surface area contributed by atoms with Crippen molar-refractivity contribution in [3.63, 3.8) is 0 Å². The number of morpholine rings is 1. The van der Waals surface area contributed by atoms with Crippen LogP contribution in [0, 0.1) is 30.0 Å². The Morgan fingerprint density at radius 3 is 2.72 bits per heavy atom. The van der Waals surface area contributed by atoms with E-state index in [2.05, 4.69) is 26.7 Å². The van der Waals surface area contributed by atoms with E-state index >= 15 is 0 Å². The van der Waals surface area contributed by atoms with Crippen molar-refractivity contribution >= 4 is 34.7 Å². The van der Waals surface area contributed by atoms with Gasteiger partial charge in [0.15, 0.2) is 5.78 Å². The number of hydrogen-bond donors (Lipinski definition) is 2. The number of nitrogens with one attached hydrogen (secondary N) is 2. The zero-order valence-corrected chi connectivity index (χ0v) is 22.2. The van der Waals surface area contributed by atoms with Crippen molar-refractivity contribution in [1.82, 2.24) is 15.1 Å². The van der Waals surface area contributed by atoms with Gasteiger partial charge in [0.1, 0.15) is 18.0 Å². The van der Waals surface area contributed by atoms with E-state index in [-0.39, 0.29) is 28.7 Å². The van der Waals surface area contributed by atoms with Crippen molar-refractivity contribution in [3.8, 4) is 11.8 Å². The monoisotopic (exact) mass is 550 g/mol. The van der Waals surface area contributed by atoms with Crippen LogP contribution in [0.1, 0.15) is 34.5 Å². The van der Waals surface area contributed by atoms with Crippen LogP contribution in [0.15, 0.2) is 42.6 Å². The molecule has 2 N–H and O–H groups in total. The van der Waals surface area contributed by atoms with E-state index in [1.54, 1.807) is 19.1 Å². The molecule has 0 bridgehead atoms. The van der Waals surface area contributed by atoms with Crippen molar-refractivity contribution in [1.29, 1.82) is 5.26 Å². The number of anilines is 2. The van der Waals surface area contributed by atoms with E-state index in [4.69, 9.17) is 16.3 Å². The molecule has 5 rings (SSSR count). The summed E-state index contributed by atoms with van der Waals surface area (Å²) in [5.74, 6) is -0.821. The molecule has 1 amide bonds. The predicted octanol–water partition coefficient (Wildman–Crippen LogP) is 3.87. The second-order valence-electron chi connectivity index (χ2n) is 9.68. The van der Waals surface area contributed by atoms with Crippen molar-refractivity contribution in [2.24, 2.45) is 5.92 Å². The van der Waals surface area contributed by atoms with Gasteiger partial charge in [0, 0.05) is 37.8 Å². The van der Waals surface area contributed by atoms with E-state index in [1.807, 2.05) is 6.07 Å². The molecular formula is C28H28ClFN6O3. The molecule has 39 heavy (non-hydrogen) atoms. The van der Waals surface area contributed by atoms with Crippen LogP contribution in [0.4, 0.5) is 15.8 Å². The summed E-state index contributed by atoms with van der Waals surface area (Å²) in [5.41, 5.74) is 3.10. The normalized spacial score (nSPS) is 18.0. The molecule has 1 unspecified atom stereocenters. The van der Waals surface area contributed by atoms with Crippen LogP contribution in [0.5, 0.6) is 0 Å². The smallest absolute Gasteiger partial charge is 0.259 e. The molecule has 9 nitrogen and oxygen atoms in total. The molecule has 1 aromatic heterocycles. The molecule has 3 heterocycles. The lowest BCUT2D eigenvalue weighted by Crippen LogP contribution is -2.47. The third kappa shape index (κ3) is 5.66. The van der Waals surface area contributed by atoms with Gasteiger partial charge in [0.2, 0.25) is 0 Å². The Morgan fingerprint density at radius 1 is 1.23 bits per heavy atom. The number of carbonyl (C=O) groups excluding carboxylic acids is 2. The first-order valence-corrected chi connectivity index (χ1v) is 13.2. The summed E-state index contributed by atoms with van der Waals surface area (Å²) in [6.45, 7) is 4.92. The minimum atomic E-state index is -0.538. The first-order chi connectivity index (χ1) is 18.9. The van der Waals surface area contributed by atoms with Crippen LogP contribution in [-0.2, 0) is 9.53 Å². The van der Waals surface area contributed by atoms with E-state index < -0.39 is 5.82 Å². The second-order valence-corrected chi connectivity index (χ2v) is 10.1. The number of ether oxygens (including phenoxy) is 1. The Labute approximate surface area is 230 Å². The Kier molecular flexibility index (Phi) is 7.93. The molecule has 2 aliphatic heterocycles. The summed E-state index contributed by atoms with van der Waals surface area (Å²) < 4.78 is 20.7. The van der Waals surface area contributed by atoms with E-state index in [0.29, 0.717) is 67.3 Å². The third-order valence-corrected chi connectivity index (χ3v) is 7.55. The zero-order chi connectivity index (χ0) is 27.5. The van der Waals surface area contributed by atoms with Crippen molar-refractivity contribution in [2.75, 3.05) is 43.0 Å². The second kappa shape index (κ2) is 11.5. The average Bonchev–Trinajstić information content (AvgIpc) is 3.36. The van der Waals surface area contributed by atoms with E-state index in [9.17, 15) is 19.2 Å². The Hall–Kier alpha value is -3.78. The highest BCUT2D eigenvalue weighted by atomic mass is 35.5. The number of carbonyl (C=O) groups is 2. The molecule has 0 aliphatic carbocycles. The molecule has 1 atom stereocenters. The predicted molar refractivity (Wildman–Crippen MR) is 145 cm³/mol. The summed E-state index contributed by atoms with van der Waals surface area (Å²) in [4.78, 5) is 27.9. The third-order valence-electron chi connectivity index (χ3n) is 7.26. The van der Waals surface area contributed by atoms with Crippen molar-refractivity contribution in [2.45, 2.75) is 25.9 Å². The molecule has 0 radical (unpaired) electrons. The summed E-state index contributed by atoms with van der Waals surface area (Å²) in [6, 6.07) is 11.7. The van der Waals surface area contributed by atoms with Crippen LogP contribution < -0.4 is 15.5 Å². The maximum Gasteiger partial charge on any atom is 0.259 e. The topological polar surface area (TPSA) is 112 Å². The molecule has 2 saturated heterocycles. The van der Waals surface area contributed by atoms with Gasteiger partial charge >= 0.3 is 0 Å². The Morgan fingerprint density at radius 2 is 2.03 bits per heavy atom. The minimum Gasteiger partial charge on any atom is -0.370 e. The number of hydrogen-bond acceptors (Lipinski definition) is 7. The Bertz CT molecular complexity index is 1440. The number of halogens is 2. The lowest BCUT2D eigenvalue weighted by Gasteiger charge is -2.35. The fourth-order valence-electron chi connectivity index (χ4n) is 5.10. The van der Waals surface area contributed by atoms with Gasteiger partial charge < -0.3 is 20.3 Å². The van der Waals surface area contributed by atoms with Gasteiger partial charge in [-0.25, -0.2) is 9.07 Å². The number of piperidine rings is 1. The summed E-state index contributed by atoms with van der Waals surface area (Å²) >= 11 is 5.90. The van der Waals surface area contributed by atoms with Crippen LogP contribution in [-0.4, -0.2) is 60.4 Å². The van der Waals surface area contributed by atoms with Gasteiger partial charge in [-0.05, 0) is 56.2 Å². The standard InChI is InChI=1S/C28H28ClFN6O3/c1-17-22(15-33-36(17)21-3-4-24(30)23(29)13-21)28(38)34-20-2-5-25(19(12-20)14-31)35-9-6-18(7-10-35)27(37)26-16-32-8-11-39-26/h2-5,12-13,15,18,26,32H,6-11,16H2,1H3,(H,34,38). The number of nitriles is 1. The maximum atomic E-state index is 13.5. The molecule has 202 valence electrons. The minimum absolute atomic E-state index is 0.0381. The van der Waals surface area contributed by atoms with Gasteiger partial charge in [-0.2, -0.15) is 10.4 Å². The molecule has 2 aliphatic rings. The number of benzene rings is 2. The van der Waals surface area contributed by atoms with Crippen LogP contribution >= 0.6 is 11.6 Å². The molecule has 0 spiro atoms. The lowest BCUT2D eigenvalue weighted by molar-refractivity contribution is -0.136. The highest BCUT2D eigenvalue weighted by Crippen LogP contribution is 2.30. The fourth-order valence-corrected chi connectivity index (χ4v) is 5.28. The highest BCUT2D eigenvalue weighted by molar-refractivity contribution is 6.30. The number of ketones is 1. The molecule has 11 heteroatoms. The molecule has 0 saturated carbocycles. The lowest BCUT2D eigenvalue weighted by atomic mass is 9.89. The summed E-state index contributed by atoms with van der Waals surface area (Å²) in [6.07, 6.45) is 2.45. The van der Waals surface area contributed by atoms with Crippen LogP contribution in [0.2, 0.25) is 5.02 Å². The molecule has 2 fully saturated rings. The van der Waals surface area contributed by atoms with E-state index in [0.717, 1.165) is 12.2 Å². The fraction of sp³-hybridized carbons (Fsp3) is 0.357. The molecule has 2 aromatic carbocycles. The molecular weight excluding hydrogens is 523 g/mol. The number of rotatable bonds is 6. The number of amides is 1. The summed E-state index contributed by atoms with van der Waals surface area (Å²) in [7, 11) is 0. The van der Waals surface area contributed by atoms with E-state index in [1.165, 1.54) is 29.1 Å². The van der Waals surface area contributed by atoms with Gasteiger partial charge in [-0.15, -0.1) is 0 Å². The number of Topliss-reactive ketones (excluding diaryl/α,β-unsaturated/α-hetero) is 1. The number of nitrogens with zero attached hydrogens (tertiary/aromatic N) is 4. The first kappa shape index (κ1) is 26.8. The highest BCUT2D eigenvalue weighted by Gasteiger charge is 2.32.